The molecular formula is C14H17ClO6. The zero-order valence-electron chi connectivity index (χ0n) is 11.5. The molecule has 7 heteroatoms. The Bertz CT molecular complexity index is 429. The molecule has 0 unspecified atom stereocenters. The Morgan fingerprint density at radius 2 is 1.19 bits per heavy atom. The van der Waals surface area contributed by atoms with Crippen LogP contribution in [0.5, 0.6) is 0 Å². The first-order valence-electron chi connectivity index (χ1n) is 6.24. The van der Waals surface area contributed by atoms with Gasteiger partial charge >= 0.3 is 17.9 Å². The number of rotatable bonds is 6. The Hall–Kier alpha value is -2.08. The maximum atomic E-state index is 10.6. The lowest BCUT2D eigenvalue weighted by molar-refractivity contribution is 0.0696. The summed E-state index contributed by atoms with van der Waals surface area (Å²) in [7, 11) is 0. The molecule has 0 atom stereocenters. The summed E-state index contributed by atoms with van der Waals surface area (Å²) in [6, 6.07) is 2.70. The summed E-state index contributed by atoms with van der Waals surface area (Å²) in [6.07, 6.45) is 3.73. The van der Waals surface area contributed by atoms with Gasteiger partial charge in [-0.05, 0) is 24.6 Å². The third-order valence-corrected chi connectivity index (χ3v) is 2.68. The van der Waals surface area contributed by atoms with E-state index in [1.165, 1.54) is 19.3 Å². The highest BCUT2D eigenvalue weighted by atomic mass is 35.5. The predicted octanol–water partition coefficient (Wildman–Crippen LogP) is 3.20. The standard InChI is InChI=1S/C9H6O6.C5H11Cl/c10-7(11)4-1-5(8(12)13)3-6(2-4)9(14)15;1-2-3-4-5-6/h1-3H,(H,10,11)(H,12,13)(H,14,15);2-5H2,1H3. The summed E-state index contributed by atoms with van der Waals surface area (Å²) in [4.78, 5) is 31.7. The molecule has 0 saturated carbocycles. The van der Waals surface area contributed by atoms with E-state index >= 15 is 0 Å². The fraction of sp³-hybridized carbons (Fsp3) is 0.357. The minimum absolute atomic E-state index is 0.368. The SMILES string of the molecule is CCCCCCl.O=C(O)c1cc(C(=O)O)cc(C(=O)O)c1. The number of benzene rings is 1. The molecule has 0 saturated heterocycles. The Balaban J connectivity index is 0.000000567. The van der Waals surface area contributed by atoms with Gasteiger partial charge in [0.2, 0.25) is 0 Å². The molecule has 0 heterocycles. The van der Waals surface area contributed by atoms with E-state index in [0.717, 1.165) is 24.1 Å². The van der Waals surface area contributed by atoms with Gasteiger partial charge in [-0.25, -0.2) is 14.4 Å². The smallest absolute Gasteiger partial charge is 0.335 e. The van der Waals surface area contributed by atoms with E-state index in [2.05, 4.69) is 6.92 Å². The molecule has 0 aromatic heterocycles. The van der Waals surface area contributed by atoms with Crippen LogP contribution in [0.25, 0.3) is 0 Å². The van der Waals surface area contributed by atoms with Crippen molar-refractivity contribution in [1.29, 1.82) is 0 Å². The zero-order chi connectivity index (χ0) is 16.4. The van der Waals surface area contributed by atoms with E-state index in [1.807, 2.05) is 0 Å². The first-order valence-corrected chi connectivity index (χ1v) is 6.77. The highest BCUT2D eigenvalue weighted by Gasteiger charge is 2.14. The van der Waals surface area contributed by atoms with Gasteiger partial charge < -0.3 is 15.3 Å². The molecule has 0 amide bonds. The highest BCUT2D eigenvalue weighted by molar-refractivity contribution is 6.17. The second-order valence-corrected chi connectivity index (χ2v) is 4.49. The molecule has 0 fully saturated rings. The van der Waals surface area contributed by atoms with Crippen molar-refractivity contribution in [3.63, 3.8) is 0 Å². The average molecular weight is 317 g/mol. The number of alkyl halides is 1. The van der Waals surface area contributed by atoms with Crippen LogP contribution in [0, 0.1) is 0 Å². The molecule has 6 nitrogen and oxygen atoms in total. The molecule has 1 aromatic carbocycles. The van der Waals surface area contributed by atoms with E-state index < -0.39 is 17.9 Å². The second kappa shape index (κ2) is 9.77. The zero-order valence-corrected chi connectivity index (χ0v) is 12.3. The topological polar surface area (TPSA) is 112 Å². The van der Waals surface area contributed by atoms with Gasteiger partial charge in [0.1, 0.15) is 0 Å². The van der Waals surface area contributed by atoms with E-state index in [-0.39, 0.29) is 16.7 Å². The summed E-state index contributed by atoms with van der Waals surface area (Å²) in [5.41, 5.74) is -1.10. The van der Waals surface area contributed by atoms with Gasteiger partial charge in [0.25, 0.3) is 0 Å². The van der Waals surface area contributed by atoms with Gasteiger partial charge in [-0.15, -0.1) is 11.6 Å². The maximum Gasteiger partial charge on any atom is 0.335 e. The molecular weight excluding hydrogens is 300 g/mol. The number of aromatic carboxylic acids is 3. The maximum absolute atomic E-state index is 10.6. The fourth-order valence-electron chi connectivity index (χ4n) is 1.34. The Kier molecular flexibility index (Phi) is 8.80. The van der Waals surface area contributed by atoms with Crippen molar-refractivity contribution in [3.8, 4) is 0 Å². The molecule has 0 bridgehead atoms. The number of hydrogen-bond acceptors (Lipinski definition) is 3. The second-order valence-electron chi connectivity index (χ2n) is 4.11. The summed E-state index contributed by atoms with van der Waals surface area (Å²) in [5.74, 6) is -3.30. The number of carboxylic acids is 3. The van der Waals surface area contributed by atoms with Crippen LogP contribution >= 0.6 is 11.6 Å². The van der Waals surface area contributed by atoms with E-state index in [4.69, 9.17) is 26.9 Å². The first kappa shape index (κ1) is 18.9. The third kappa shape index (κ3) is 7.31. The monoisotopic (exact) mass is 316 g/mol. The van der Waals surface area contributed by atoms with Crippen LogP contribution in [-0.4, -0.2) is 39.1 Å². The molecule has 1 rings (SSSR count). The number of hydrogen-bond donors (Lipinski definition) is 3. The molecule has 3 N–H and O–H groups in total. The minimum atomic E-state index is -1.37. The molecule has 0 aliphatic rings. The first-order chi connectivity index (χ1) is 9.83. The van der Waals surface area contributed by atoms with Gasteiger partial charge in [0.05, 0.1) is 16.7 Å². The largest absolute Gasteiger partial charge is 0.478 e. The van der Waals surface area contributed by atoms with Crippen LogP contribution in [0.3, 0.4) is 0 Å². The molecule has 0 aliphatic heterocycles. The number of unbranched alkanes of at least 4 members (excludes halogenated alkanes) is 2. The lowest BCUT2D eigenvalue weighted by Crippen LogP contribution is -2.07. The van der Waals surface area contributed by atoms with Gasteiger partial charge in [0.15, 0.2) is 0 Å². The lowest BCUT2D eigenvalue weighted by atomic mass is 10.1. The van der Waals surface area contributed by atoms with Crippen molar-refractivity contribution in [3.05, 3.63) is 34.9 Å². The number of carboxylic acid groups (broad SMARTS) is 3. The lowest BCUT2D eigenvalue weighted by Gasteiger charge is -2.00. The van der Waals surface area contributed by atoms with Gasteiger partial charge in [-0.3, -0.25) is 0 Å². The van der Waals surface area contributed by atoms with Gasteiger partial charge in [0, 0.05) is 5.88 Å². The third-order valence-electron chi connectivity index (χ3n) is 2.41. The van der Waals surface area contributed by atoms with Gasteiger partial charge in [-0.1, -0.05) is 19.8 Å². The van der Waals surface area contributed by atoms with Crippen molar-refractivity contribution in [2.24, 2.45) is 0 Å². The van der Waals surface area contributed by atoms with Crippen LogP contribution in [0.1, 0.15) is 57.3 Å². The van der Waals surface area contributed by atoms with Crippen LogP contribution < -0.4 is 0 Å². The van der Waals surface area contributed by atoms with Crippen molar-refractivity contribution in [2.45, 2.75) is 26.2 Å². The molecule has 0 spiro atoms. The van der Waals surface area contributed by atoms with Crippen LogP contribution in [-0.2, 0) is 0 Å². The number of halogens is 1. The Labute approximate surface area is 127 Å². The average Bonchev–Trinajstić information content (AvgIpc) is 2.45. The highest BCUT2D eigenvalue weighted by Crippen LogP contribution is 2.11. The van der Waals surface area contributed by atoms with Crippen LogP contribution in [0.4, 0.5) is 0 Å². The van der Waals surface area contributed by atoms with E-state index in [0.29, 0.717) is 0 Å². The summed E-state index contributed by atoms with van der Waals surface area (Å²) >= 11 is 5.38. The van der Waals surface area contributed by atoms with Crippen molar-refractivity contribution in [2.75, 3.05) is 5.88 Å². The van der Waals surface area contributed by atoms with Crippen LogP contribution in [0.15, 0.2) is 18.2 Å². The van der Waals surface area contributed by atoms with Crippen LogP contribution in [0.2, 0.25) is 0 Å². The van der Waals surface area contributed by atoms with E-state index in [1.54, 1.807) is 0 Å². The van der Waals surface area contributed by atoms with E-state index in [9.17, 15) is 14.4 Å². The minimum Gasteiger partial charge on any atom is -0.478 e. The molecule has 0 radical (unpaired) electrons. The normalized spacial score (nSPS) is 9.43. The summed E-state index contributed by atoms with van der Waals surface area (Å²) in [6.45, 7) is 2.17. The summed E-state index contributed by atoms with van der Waals surface area (Å²) in [5, 5.41) is 25.8. The predicted molar refractivity (Wildman–Crippen MR) is 77.6 cm³/mol. The quantitative estimate of drug-likeness (QED) is 0.549. The Morgan fingerprint density at radius 1 is 0.857 bits per heavy atom. The molecule has 1 aromatic rings. The number of carbonyl (C=O) groups is 3. The molecule has 0 aliphatic carbocycles. The van der Waals surface area contributed by atoms with Gasteiger partial charge in [-0.2, -0.15) is 0 Å². The molecule has 116 valence electrons. The fourth-order valence-corrected chi connectivity index (χ4v) is 1.53. The Morgan fingerprint density at radius 3 is 1.33 bits per heavy atom. The van der Waals surface area contributed by atoms with Crippen molar-refractivity contribution >= 4 is 29.5 Å². The summed E-state index contributed by atoms with van der Waals surface area (Å²) < 4.78 is 0. The van der Waals surface area contributed by atoms with Crippen molar-refractivity contribution < 1.29 is 29.7 Å². The molecule has 21 heavy (non-hydrogen) atoms. The van der Waals surface area contributed by atoms with Crippen molar-refractivity contribution in [1.82, 2.24) is 0 Å².